The predicted molar refractivity (Wildman–Crippen MR) is 101 cm³/mol. The van der Waals surface area contributed by atoms with E-state index in [0.717, 1.165) is 22.3 Å². The number of amides is 2. The van der Waals surface area contributed by atoms with Crippen molar-refractivity contribution in [1.29, 1.82) is 0 Å². The third-order valence-electron chi connectivity index (χ3n) is 4.60. The summed E-state index contributed by atoms with van der Waals surface area (Å²) >= 11 is 0. The van der Waals surface area contributed by atoms with Gasteiger partial charge in [0, 0.05) is 12.2 Å². The quantitative estimate of drug-likeness (QED) is 0.813. The summed E-state index contributed by atoms with van der Waals surface area (Å²) in [5.41, 5.74) is 3.95. The number of hydrogen-bond acceptors (Lipinski definition) is 2. The van der Waals surface area contributed by atoms with Gasteiger partial charge in [0.1, 0.15) is 5.41 Å². The maximum atomic E-state index is 12.6. The fourth-order valence-electron chi connectivity index (χ4n) is 2.41. The number of hydrogen-bond donors (Lipinski definition) is 2. The molecular formula is C21H26N2O2. The second kappa shape index (κ2) is 7.51. The standard InChI is InChI=1S/C21H26N2O2/c1-14-10-11-18(12-16(14)3)23-20(25)21(4,5)19(24)22-13-17-9-7-6-8-15(17)2/h6-12H,13H2,1-5H3,(H,22,24)(H,23,25). The lowest BCUT2D eigenvalue weighted by Crippen LogP contribution is -2.44. The molecule has 0 saturated heterocycles. The number of aryl methyl sites for hydroxylation is 3. The number of rotatable bonds is 5. The van der Waals surface area contributed by atoms with Crippen LogP contribution in [-0.2, 0) is 16.1 Å². The van der Waals surface area contributed by atoms with Crippen LogP contribution in [0.4, 0.5) is 5.69 Å². The molecule has 0 saturated carbocycles. The van der Waals surface area contributed by atoms with E-state index in [4.69, 9.17) is 0 Å². The summed E-state index contributed by atoms with van der Waals surface area (Å²) in [5, 5.41) is 5.71. The Hall–Kier alpha value is -2.62. The van der Waals surface area contributed by atoms with Crippen LogP contribution >= 0.6 is 0 Å². The minimum atomic E-state index is -1.17. The lowest BCUT2D eigenvalue weighted by molar-refractivity contribution is -0.138. The predicted octanol–water partition coefficient (Wildman–Crippen LogP) is 3.89. The van der Waals surface area contributed by atoms with Gasteiger partial charge in [-0.3, -0.25) is 9.59 Å². The molecule has 4 nitrogen and oxygen atoms in total. The topological polar surface area (TPSA) is 58.2 Å². The third-order valence-corrected chi connectivity index (χ3v) is 4.60. The summed E-state index contributed by atoms with van der Waals surface area (Å²) in [5.74, 6) is -0.616. The fraction of sp³-hybridized carbons (Fsp3) is 0.333. The Morgan fingerprint density at radius 3 is 2.20 bits per heavy atom. The molecule has 2 N–H and O–H groups in total. The molecule has 25 heavy (non-hydrogen) atoms. The largest absolute Gasteiger partial charge is 0.351 e. The summed E-state index contributed by atoms with van der Waals surface area (Å²) in [4.78, 5) is 25.1. The van der Waals surface area contributed by atoms with E-state index < -0.39 is 5.41 Å². The molecule has 0 bridgehead atoms. The maximum absolute atomic E-state index is 12.6. The second-order valence-electron chi connectivity index (χ2n) is 6.99. The first-order valence-electron chi connectivity index (χ1n) is 8.43. The average Bonchev–Trinajstić information content (AvgIpc) is 2.57. The first-order chi connectivity index (χ1) is 11.7. The van der Waals surface area contributed by atoms with Gasteiger partial charge >= 0.3 is 0 Å². The first kappa shape index (κ1) is 18.7. The van der Waals surface area contributed by atoms with E-state index >= 15 is 0 Å². The van der Waals surface area contributed by atoms with Gasteiger partial charge in [0.15, 0.2) is 0 Å². The summed E-state index contributed by atoms with van der Waals surface area (Å²) in [6.07, 6.45) is 0. The van der Waals surface area contributed by atoms with E-state index in [2.05, 4.69) is 10.6 Å². The first-order valence-corrected chi connectivity index (χ1v) is 8.43. The van der Waals surface area contributed by atoms with Crippen LogP contribution in [0, 0.1) is 26.2 Å². The Labute approximate surface area is 149 Å². The van der Waals surface area contributed by atoms with Crippen molar-refractivity contribution in [1.82, 2.24) is 5.32 Å². The highest BCUT2D eigenvalue weighted by atomic mass is 16.2. The molecule has 0 aromatic heterocycles. The van der Waals surface area contributed by atoms with Gasteiger partial charge in [0.2, 0.25) is 11.8 Å². The zero-order chi connectivity index (χ0) is 18.6. The van der Waals surface area contributed by atoms with Crippen LogP contribution in [0.1, 0.15) is 36.1 Å². The number of anilines is 1. The molecule has 0 unspecified atom stereocenters. The van der Waals surface area contributed by atoms with Crippen molar-refractivity contribution in [2.75, 3.05) is 5.32 Å². The highest BCUT2D eigenvalue weighted by molar-refractivity contribution is 6.09. The molecule has 0 fully saturated rings. The Kier molecular flexibility index (Phi) is 5.62. The molecule has 132 valence electrons. The lowest BCUT2D eigenvalue weighted by Gasteiger charge is -2.23. The van der Waals surface area contributed by atoms with Crippen LogP contribution in [0.5, 0.6) is 0 Å². The fourth-order valence-corrected chi connectivity index (χ4v) is 2.41. The van der Waals surface area contributed by atoms with Gasteiger partial charge in [-0.2, -0.15) is 0 Å². The molecule has 2 rings (SSSR count). The van der Waals surface area contributed by atoms with E-state index in [1.807, 2.05) is 63.2 Å². The van der Waals surface area contributed by atoms with E-state index in [1.165, 1.54) is 0 Å². The van der Waals surface area contributed by atoms with Crippen molar-refractivity contribution in [3.8, 4) is 0 Å². The molecular weight excluding hydrogens is 312 g/mol. The zero-order valence-electron chi connectivity index (χ0n) is 15.6. The molecule has 0 aliphatic rings. The van der Waals surface area contributed by atoms with Crippen molar-refractivity contribution >= 4 is 17.5 Å². The summed E-state index contributed by atoms with van der Waals surface area (Å²) in [7, 11) is 0. The van der Waals surface area contributed by atoms with Crippen molar-refractivity contribution in [3.63, 3.8) is 0 Å². The Balaban J connectivity index is 2.03. The molecule has 0 heterocycles. The second-order valence-corrected chi connectivity index (χ2v) is 6.99. The SMILES string of the molecule is Cc1ccc(NC(=O)C(C)(C)C(=O)NCc2ccccc2C)cc1C. The molecule has 0 atom stereocenters. The molecule has 2 aromatic rings. The Morgan fingerprint density at radius 2 is 1.56 bits per heavy atom. The van der Waals surface area contributed by atoms with E-state index in [1.54, 1.807) is 13.8 Å². The van der Waals surface area contributed by atoms with Gasteiger partial charge in [0.05, 0.1) is 0 Å². The maximum Gasteiger partial charge on any atom is 0.239 e. The van der Waals surface area contributed by atoms with Crippen LogP contribution in [0.3, 0.4) is 0 Å². The third kappa shape index (κ3) is 4.47. The number of carbonyl (C=O) groups is 2. The van der Waals surface area contributed by atoms with Gasteiger partial charge in [-0.05, 0) is 69.0 Å². The number of nitrogens with one attached hydrogen (secondary N) is 2. The number of carbonyl (C=O) groups excluding carboxylic acids is 2. The molecule has 0 spiro atoms. The van der Waals surface area contributed by atoms with E-state index in [-0.39, 0.29) is 11.8 Å². The molecule has 4 heteroatoms. The number of benzene rings is 2. The van der Waals surface area contributed by atoms with Gasteiger partial charge in [-0.25, -0.2) is 0 Å². The van der Waals surface area contributed by atoms with Crippen LogP contribution in [-0.4, -0.2) is 11.8 Å². The minimum Gasteiger partial charge on any atom is -0.351 e. The van der Waals surface area contributed by atoms with Crippen molar-refractivity contribution in [2.24, 2.45) is 5.41 Å². The summed E-state index contributed by atoms with van der Waals surface area (Å²) in [6, 6.07) is 13.6. The molecule has 2 aromatic carbocycles. The van der Waals surface area contributed by atoms with Crippen LogP contribution in [0.25, 0.3) is 0 Å². The zero-order valence-corrected chi connectivity index (χ0v) is 15.6. The van der Waals surface area contributed by atoms with Crippen molar-refractivity contribution in [2.45, 2.75) is 41.2 Å². The van der Waals surface area contributed by atoms with Crippen LogP contribution in [0.15, 0.2) is 42.5 Å². The molecule has 2 amide bonds. The molecule has 0 aliphatic carbocycles. The average molecular weight is 338 g/mol. The monoisotopic (exact) mass is 338 g/mol. The van der Waals surface area contributed by atoms with Gasteiger partial charge in [-0.1, -0.05) is 30.3 Å². The van der Waals surface area contributed by atoms with Crippen molar-refractivity contribution < 1.29 is 9.59 Å². The highest BCUT2D eigenvalue weighted by Crippen LogP contribution is 2.21. The Bertz CT molecular complexity index is 794. The van der Waals surface area contributed by atoms with E-state index in [9.17, 15) is 9.59 Å². The van der Waals surface area contributed by atoms with E-state index in [0.29, 0.717) is 12.2 Å². The normalized spacial score (nSPS) is 11.1. The lowest BCUT2D eigenvalue weighted by atomic mass is 9.90. The summed E-state index contributed by atoms with van der Waals surface area (Å²) < 4.78 is 0. The van der Waals surface area contributed by atoms with Gasteiger partial charge in [0.25, 0.3) is 0 Å². The smallest absolute Gasteiger partial charge is 0.239 e. The highest BCUT2D eigenvalue weighted by Gasteiger charge is 2.36. The molecule has 0 radical (unpaired) electrons. The minimum absolute atomic E-state index is 0.294. The van der Waals surface area contributed by atoms with Gasteiger partial charge in [-0.15, -0.1) is 0 Å². The van der Waals surface area contributed by atoms with Crippen LogP contribution < -0.4 is 10.6 Å². The molecule has 0 aliphatic heterocycles. The Morgan fingerprint density at radius 1 is 0.880 bits per heavy atom. The van der Waals surface area contributed by atoms with Gasteiger partial charge < -0.3 is 10.6 Å². The van der Waals surface area contributed by atoms with Crippen molar-refractivity contribution in [3.05, 3.63) is 64.7 Å². The summed E-state index contributed by atoms with van der Waals surface area (Å²) in [6.45, 7) is 9.69. The van der Waals surface area contributed by atoms with Crippen LogP contribution in [0.2, 0.25) is 0 Å².